The Hall–Kier alpha value is 1.77. The molecule has 0 N–H and O–H groups in total. The predicted octanol–water partition coefficient (Wildman–Crippen LogP) is 15.8. The van der Waals surface area contributed by atoms with Crippen LogP contribution in [0.1, 0.15) is 158 Å². The number of hydrogen-bond acceptors (Lipinski definition) is 0. The zero-order valence-electron chi connectivity index (χ0n) is 31.5. The quantitative estimate of drug-likeness (QED) is 0.131. The minimum Gasteiger partial charge on any atom is -0.147 e. The van der Waals surface area contributed by atoms with Crippen molar-refractivity contribution in [2.45, 2.75) is 133 Å². The van der Waals surface area contributed by atoms with Crippen LogP contribution in [0.15, 0.2) is 35.4 Å². The summed E-state index contributed by atoms with van der Waals surface area (Å²) in [5, 5.41) is 0. The fraction of sp³-hybridized carbons (Fsp3) is 0.579. The van der Waals surface area contributed by atoms with Gasteiger partial charge in [0.15, 0.2) is 0 Å². The van der Waals surface area contributed by atoms with E-state index in [2.05, 4.69) is 113 Å². The Labute approximate surface area is 349 Å². The van der Waals surface area contributed by atoms with Crippen molar-refractivity contribution in [3.8, 4) is 0 Å². The largest absolute Gasteiger partial charge is 0.147 e. The van der Waals surface area contributed by atoms with Gasteiger partial charge in [-0.25, -0.2) is 0 Å². The topological polar surface area (TPSA) is 0 Å². The zero-order valence-corrected chi connectivity index (χ0v) is 43.5. The molecule has 2 aromatic rings. The van der Waals surface area contributed by atoms with E-state index in [-0.39, 0.29) is 24.8 Å². The van der Waals surface area contributed by atoms with Gasteiger partial charge in [-0.15, -0.1) is 24.8 Å². The molecule has 4 rings (SSSR count). The van der Waals surface area contributed by atoms with Gasteiger partial charge in [0, 0.05) is 0 Å². The first-order valence-electron chi connectivity index (χ1n) is 17.9. The average Bonchev–Trinajstić information content (AvgIpc) is 3.46. The van der Waals surface area contributed by atoms with Gasteiger partial charge in [-0.2, -0.15) is 0 Å². The third kappa shape index (κ3) is 10.2. The van der Waals surface area contributed by atoms with Crippen LogP contribution in [0, 0.1) is 0 Å². The van der Waals surface area contributed by atoms with E-state index in [4.69, 9.17) is 66.5 Å². The Balaban J connectivity index is 0.00000433. The number of benzene rings is 2. The number of fused-ring (bicyclic) bond motifs is 2. The van der Waals surface area contributed by atoms with Gasteiger partial charge in [-0.1, -0.05) is 0 Å². The third-order valence-corrected chi connectivity index (χ3v) is 45.2. The van der Waals surface area contributed by atoms with Crippen molar-refractivity contribution >= 4 is 122 Å². The van der Waals surface area contributed by atoms with Crippen molar-refractivity contribution in [1.82, 2.24) is 0 Å². The molecule has 0 amide bonds. The molecule has 2 aliphatic carbocycles. The van der Waals surface area contributed by atoms with Crippen molar-refractivity contribution in [2.24, 2.45) is 0 Å². The molecule has 0 nitrogen and oxygen atoms in total. The Morgan fingerprint density at radius 2 is 0.900 bits per heavy atom. The molecule has 2 aromatic carbocycles. The zero-order chi connectivity index (χ0) is 36.2. The SMILES string of the molecule is CC1=Cc2c(C(C)C)cc(C(C)C)cc2[CH]1[Zr](=[SiH2])([CH2]CC[Si](Cl)(Cl)Cl)([CH2]CC[Si](Cl)(Cl)Cl)[CH]1C(C)=Cc2c(C(C)C)cc(C(C)C)cc21.Cl.Cl. The molecule has 0 spiro atoms. The fourth-order valence-electron chi connectivity index (χ4n) is 9.41. The van der Waals surface area contributed by atoms with Crippen molar-refractivity contribution in [2.75, 3.05) is 0 Å². The van der Waals surface area contributed by atoms with Crippen molar-refractivity contribution in [3.63, 3.8) is 0 Å². The van der Waals surface area contributed by atoms with Crippen LogP contribution in [0.5, 0.6) is 0 Å². The van der Waals surface area contributed by atoms with Crippen LogP contribution in [0.3, 0.4) is 0 Å². The van der Waals surface area contributed by atoms with E-state index < -0.39 is 29.4 Å². The Bertz CT molecular complexity index is 1540. The summed E-state index contributed by atoms with van der Waals surface area (Å²) >= 11 is 35.7. The van der Waals surface area contributed by atoms with Gasteiger partial charge in [0.1, 0.15) is 0 Å². The minimum atomic E-state index is -4.30. The second-order valence-corrected chi connectivity index (χ2v) is 61.7. The summed E-state index contributed by atoms with van der Waals surface area (Å²) in [6.07, 6.45) is 6.96. The summed E-state index contributed by atoms with van der Waals surface area (Å²) < 4.78 is 2.99. The molecule has 2 aliphatic rings. The van der Waals surface area contributed by atoms with E-state index in [0.29, 0.717) is 43.0 Å². The Morgan fingerprint density at radius 1 is 0.580 bits per heavy atom. The van der Waals surface area contributed by atoms with E-state index in [1.54, 1.807) is 11.1 Å². The van der Waals surface area contributed by atoms with Crippen molar-refractivity contribution < 1.29 is 17.4 Å². The molecule has 0 fully saturated rings. The van der Waals surface area contributed by atoms with Gasteiger partial charge in [-0.05, 0) is 0 Å². The molecule has 2 unspecified atom stereocenters. The van der Waals surface area contributed by atoms with E-state index in [0.717, 1.165) is 21.1 Å². The molecule has 0 bridgehead atoms. The molecule has 282 valence electrons. The van der Waals surface area contributed by atoms with Crippen LogP contribution in [0.4, 0.5) is 0 Å². The standard InChI is InChI=1S/2C16H21.2C3H6Cl3Si.2ClH.H2Si.Zr/c2*1-10(2)13-8-14-6-12(5)7-16(14)15(9-13)11(3)4;2*1-2-3-7(4,5)6;;;;/h2*6-11H,1-5H3;2*1-3H2;2*1H;1H2;. The maximum Gasteiger partial charge on any atom is -0.147 e. The first kappa shape index (κ1) is 47.9. The summed E-state index contributed by atoms with van der Waals surface area (Å²) in [5.41, 5.74) is 14.8. The molecular formula is C38H58Cl8Si3Zr. The predicted molar refractivity (Wildman–Crippen MR) is 240 cm³/mol. The first-order valence-corrected chi connectivity index (χ1v) is 40.6. The summed E-state index contributed by atoms with van der Waals surface area (Å²) in [6.45, 7) is 26.0. The summed E-state index contributed by atoms with van der Waals surface area (Å²) in [6, 6.07) is 5.80. The maximum absolute atomic E-state index is 6.66. The second-order valence-electron chi connectivity index (χ2n) is 16.6. The normalized spacial score (nSPS) is 17.9. The van der Waals surface area contributed by atoms with Crippen LogP contribution >= 0.6 is 91.3 Å². The Kier molecular flexibility index (Phi) is 17.2. The van der Waals surface area contributed by atoms with Gasteiger partial charge >= 0.3 is 328 Å². The van der Waals surface area contributed by atoms with Crippen LogP contribution in [-0.4, -0.2) is 18.9 Å². The van der Waals surface area contributed by atoms with Crippen LogP contribution < -0.4 is 0 Å². The maximum atomic E-state index is 6.66. The number of rotatable bonds is 14. The van der Waals surface area contributed by atoms with E-state index in [1.165, 1.54) is 44.5 Å². The van der Waals surface area contributed by atoms with Crippen molar-refractivity contribution in [1.29, 1.82) is 0 Å². The second kappa shape index (κ2) is 17.9. The molecule has 0 saturated heterocycles. The summed E-state index contributed by atoms with van der Waals surface area (Å²) in [4.78, 5) is 0. The van der Waals surface area contributed by atoms with E-state index in [1.807, 2.05) is 0 Å². The third-order valence-electron chi connectivity index (χ3n) is 11.5. The molecule has 0 saturated carbocycles. The summed E-state index contributed by atoms with van der Waals surface area (Å²) in [7, 11) is 0. The van der Waals surface area contributed by atoms with Crippen LogP contribution in [-0.2, 0) is 17.4 Å². The first-order chi connectivity index (χ1) is 22.0. The van der Waals surface area contributed by atoms with Crippen LogP contribution in [0.2, 0.25) is 20.3 Å². The Morgan fingerprint density at radius 3 is 1.16 bits per heavy atom. The molecule has 12 heteroatoms. The molecule has 0 aromatic heterocycles. The van der Waals surface area contributed by atoms with Crippen molar-refractivity contribution in [3.05, 3.63) is 79.9 Å². The smallest absolute Gasteiger partial charge is 0.147 e. The van der Waals surface area contributed by atoms with Gasteiger partial charge in [-0.3, -0.25) is 0 Å². The average molecular weight is 974 g/mol. The van der Waals surface area contributed by atoms with E-state index >= 15 is 0 Å². The molecule has 0 radical (unpaired) electrons. The van der Waals surface area contributed by atoms with Gasteiger partial charge < -0.3 is 0 Å². The minimum absolute atomic E-state index is 0. The summed E-state index contributed by atoms with van der Waals surface area (Å²) in [5.74, 6) is 1.75. The monoisotopic (exact) mass is 968 g/mol. The number of halogens is 8. The molecule has 50 heavy (non-hydrogen) atoms. The van der Waals surface area contributed by atoms with Gasteiger partial charge in [0.2, 0.25) is 0 Å². The number of allylic oxidation sites excluding steroid dienone is 2. The molecule has 2 atom stereocenters. The van der Waals surface area contributed by atoms with E-state index in [9.17, 15) is 0 Å². The van der Waals surface area contributed by atoms with Gasteiger partial charge in [0.05, 0.1) is 0 Å². The fourth-order valence-corrected chi connectivity index (χ4v) is 45.4. The molecule has 0 aliphatic heterocycles. The van der Waals surface area contributed by atoms with Crippen LogP contribution in [0.25, 0.3) is 12.2 Å². The van der Waals surface area contributed by atoms with Gasteiger partial charge in [0.25, 0.3) is 0 Å². The number of hydrogen-bond donors (Lipinski definition) is 0. The molecular weight excluding hydrogens is 916 g/mol. The molecule has 0 heterocycles.